The van der Waals surface area contributed by atoms with Crippen LogP contribution in [-0.4, -0.2) is 56.7 Å². The zero-order valence-electron chi connectivity index (χ0n) is 13.3. The largest absolute Gasteiger partial charge is 0.366 e. The zero-order valence-corrected chi connectivity index (χ0v) is 13.3. The van der Waals surface area contributed by atoms with Gasteiger partial charge in [0.1, 0.15) is 12.7 Å². The van der Waals surface area contributed by atoms with E-state index < -0.39 is 4.92 Å². The van der Waals surface area contributed by atoms with Crippen molar-refractivity contribution in [1.82, 2.24) is 19.7 Å². The molecular weight excluding hydrogens is 312 g/mol. The number of piperazine rings is 1. The van der Waals surface area contributed by atoms with Crippen LogP contribution in [0.1, 0.15) is 13.3 Å². The molecule has 0 aliphatic carbocycles. The minimum atomic E-state index is -0.421. The molecule has 0 unspecified atom stereocenters. The van der Waals surface area contributed by atoms with E-state index in [2.05, 4.69) is 15.1 Å². The first kappa shape index (κ1) is 15.9. The first-order valence-corrected chi connectivity index (χ1v) is 7.76. The van der Waals surface area contributed by atoms with E-state index in [9.17, 15) is 14.9 Å². The summed E-state index contributed by atoms with van der Waals surface area (Å²) in [5, 5.41) is 18.6. The van der Waals surface area contributed by atoms with Gasteiger partial charge < -0.3 is 9.80 Å². The van der Waals surface area contributed by atoms with Crippen LogP contribution in [0, 0.1) is 10.1 Å². The van der Waals surface area contributed by atoms with Crippen molar-refractivity contribution < 1.29 is 9.72 Å². The normalized spacial score (nSPS) is 14.7. The molecule has 1 fully saturated rings. The van der Waals surface area contributed by atoms with Crippen LogP contribution in [0.15, 0.2) is 30.9 Å². The van der Waals surface area contributed by atoms with Crippen molar-refractivity contribution in [3.05, 3.63) is 41.0 Å². The predicted molar refractivity (Wildman–Crippen MR) is 87.1 cm³/mol. The summed E-state index contributed by atoms with van der Waals surface area (Å²) in [6, 6.07) is 4.75. The first-order valence-electron chi connectivity index (χ1n) is 7.76. The number of nitrogens with zero attached hydrogens (tertiary/aromatic N) is 6. The lowest BCUT2D eigenvalue weighted by Gasteiger charge is -2.36. The molecule has 0 saturated carbocycles. The summed E-state index contributed by atoms with van der Waals surface area (Å²) >= 11 is 0. The van der Waals surface area contributed by atoms with E-state index >= 15 is 0 Å². The van der Waals surface area contributed by atoms with Gasteiger partial charge in [-0.2, -0.15) is 0 Å². The Bertz CT molecular complexity index is 738. The highest BCUT2D eigenvalue weighted by atomic mass is 16.6. The molecule has 9 heteroatoms. The third-order valence-electron chi connectivity index (χ3n) is 4.14. The molecule has 1 aliphatic heterocycles. The fourth-order valence-electron chi connectivity index (χ4n) is 2.85. The second-order valence-corrected chi connectivity index (χ2v) is 5.52. The fourth-order valence-corrected chi connectivity index (χ4v) is 2.85. The number of benzene rings is 1. The van der Waals surface area contributed by atoms with Crippen LogP contribution < -0.4 is 4.90 Å². The van der Waals surface area contributed by atoms with E-state index in [4.69, 9.17) is 0 Å². The number of nitro benzene ring substituents is 1. The van der Waals surface area contributed by atoms with Gasteiger partial charge in [0.05, 0.1) is 16.3 Å². The summed E-state index contributed by atoms with van der Waals surface area (Å²) in [4.78, 5) is 26.4. The second-order valence-electron chi connectivity index (χ2n) is 5.52. The zero-order chi connectivity index (χ0) is 17.1. The number of carbonyl (C=O) groups is 1. The number of hydrogen-bond acceptors (Lipinski definition) is 6. The average molecular weight is 330 g/mol. The third-order valence-corrected chi connectivity index (χ3v) is 4.14. The molecule has 1 aromatic heterocycles. The predicted octanol–water partition coefficient (Wildman–Crippen LogP) is 1.23. The van der Waals surface area contributed by atoms with Gasteiger partial charge in [0.2, 0.25) is 5.91 Å². The van der Waals surface area contributed by atoms with Gasteiger partial charge in [0, 0.05) is 44.7 Å². The average Bonchev–Trinajstić information content (AvgIpc) is 3.15. The molecule has 9 nitrogen and oxygen atoms in total. The molecule has 0 N–H and O–H groups in total. The Kier molecular flexibility index (Phi) is 4.41. The highest BCUT2D eigenvalue weighted by Gasteiger charge is 2.23. The number of non-ortho nitro benzene ring substituents is 1. The number of carbonyl (C=O) groups excluding carboxylic acids is 1. The second kappa shape index (κ2) is 6.65. The summed E-state index contributed by atoms with van der Waals surface area (Å²) in [6.07, 6.45) is 3.53. The van der Waals surface area contributed by atoms with Crippen molar-refractivity contribution in [1.29, 1.82) is 0 Å². The van der Waals surface area contributed by atoms with E-state index in [-0.39, 0.29) is 11.6 Å². The molecule has 1 aromatic carbocycles. The lowest BCUT2D eigenvalue weighted by atomic mass is 10.2. The molecule has 1 saturated heterocycles. The molecule has 2 heterocycles. The molecule has 0 atom stereocenters. The molecular formula is C15H18N6O3. The molecule has 3 rings (SSSR count). The number of aromatic nitrogens is 3. The van der Waals surface area contributed by atoms with Crippen LogP contribution >= 0.6 is 0 Å². The monoisotopic (exact) mass is 330 g/mol. The minimum absolute atomic E-state index is 0.0160. The third kappa shape index (κ3) is 3.05. The number of hydrogen-bond donors (Lipinski definition) is 0. The van der Waals surface area contributed by atoms with Crippen LogP contribution in [0.3, 0.4) is 0 Å². The van der Waals surface area contributed by atoms with Gasteiger partial charge in [-0.05, 0) is 6.07 Å². The first-order chi connectivity index (χ1) is 11.6. The van der Waals surface area contributed by atoms with Gasteiger partial charge in [-0.25, -0.2) is 0 Å². The van der Waals surface area contributed by atoms with E-state index in [1.54, 1.807) is 10.6 Å². The topological polar surface area (TPSA) is 97.4 Å². The Morgan fingerprint density at radius 3 is 2.42 bits per heavy atom. The Labute approximate surface area is 138 Å². The molecule has 2 aromatic rings. The molecule has 126 valence electrons. The van der Waals surface area contributed by atoms with Gasteiger partial charge in [0.15, 0.2) is 0 Å². The molecule has 0 radical (unpaired) electrons. The highest BCUT2D eigenvalue weighted by molar-refractivity contribution is 5.76. The molecule has 1 aliphatic rings. The molecule has 24 heavy (non-hydrogen) atoms. The van der Waals surface area contributed by atoms with Crippen molar-refractivity contribution in [3.8, 4) is 5.69 Å². The number of rotatable bonds is 4. The Morgan fingerprint density at radius 1 is 1.17 bits per heavy atom. The van der Waals surface area contributed by atoms with Crippen molar-refractivity contribution in [3.63, 3.8) is 0 Å². The Morgan fingerprint density at radius 2 is 1.83 bits per heavy atom. The van der Waals surface area contributed by atoms with Crippen LogP contribution in [0.4, 0.5) is 11.4 Å². The molecule has 0 spiro atoms. The van der Waals surface area contributed by atoms with Crippen LogP contribution in [0.25, 0.3) is 5.69 Å². The fraction of sp³-hybridized carbons (Fsp3) is 0.400. The maximum Gasteiger partial charge on any atom is 0.271 e. The number of anilines is 1. The summed E-state index contributed by atoms with van der Waals surface area (Å²) in [6.45, 7) is 4.50. The van der Waals surface area contributed by atoms with Crippen LogP contribution in [0.5, 0.6) is 0 Å². The van der Waals surface area contributed by atoms with Crippen molar-refractivity contribution in [2.45, 2.75) is 13.3 Å². The van der Waals surface area contributed by atoms with Gasteiger partial charge in [-0.1, -0.05) is 6.92 Å². The van der Waals surface area contributed by atoms with Crippen molar-refractivity contribution in [2.24, 2.45) is 0 Å². The maximum absolute atomic E-state index is 11.8. The van der Waals surface area contributed by atoms with E-state index in [0.29, 0.717) is 38.3 Å². The number of amides is 1. The summed E-state index contributed by atoms with van der Waals surface area (Å²) < 4.78 is 1.66. The van der Waals surface area contributed by atoms with Gasteiger partial charge in [-0.15, -0.1) is 10.2 Å². The number of nitro groups is 1. The Balaban J connectivity index is 1.88. The van der Waals surface area contributed by atoms with Crippen molar-refractivity contribution in [2.75, 3.05) is 31.1 Å². The molecule has 1 amide bonds. The Hall–Kier alpha value is -2.97. The summed E-state index contributed by atoms with van der Waals surface area (Å²) in [7, 11) is 0. The van der Waals surface area contributed by atoms with Gasteiger partial charge in [-0.3, -0.25) is 19.5 Å². The standard InChI is InChI=1S/C15H18N6O3/c1-2-15(22)19-7-5-18(6-8-19)13-4-3-12(21(23)24)9-14(13)20-10-16-17-11-20/h3-4,9-11H,2,5-8H2,1H3. The van der Waals surface area contributed by atoms with Crippen molar-refractivity contribution >= 4 is 17.3 Å². The van der Waals surface area contributed by atoms with E-state index in [1.165, 1.54) is 24.8 Å². The van der Waals surface area contributed by atoms with Gasteiger partial charge in [0.25, 0.3) is 5.69 Å². The summed E-state index contributed by atoms with van der Waals surface area (Å²) in [5.74, 6) is 0.150. The van der Waals surface area contributed by atoms with Gasteiger partial charge >= 0.3 is 0 Å². The van der Waals surface area contributed by atoms with Crippen LogP contribution in [0.2, 0.25) is 0 Å². The smallest absolute Gasteiger partial charge is 0.271 e. The lowest BCUT2D eigenvalue weighted by molar-refractivity contribution is -0.384. The van der Waals surface area contributed by atoms with Crippen LogP contribution in [-0.2, 0) is 4.79 Å². The quantitative estimate of drug-likeness (QED) is 0.618. The van der Waals surface area contributed by atoms with E-state index in [1.807, 2.05) is 11.8 Å². The molecule has 0 bridgehead atoms. The van der Waals surface area contributed by atoms with E-state index in [0.717, 1.165) is 5.69 Å². The lowest BCUT2D eigenvalue weighted by Crippen LogP contribution is -2.48. The highest BCUT2D eigenvalue weighted by Crippen LogP contribution is 2.29. The SMILES string of the molecule is CCC(=O)N1CCN(c2ccc([N+](=O)[O-])cc2-n2cnnc2)CC1. The summed E-state index contributed by atoms with van der Waals surface area (Å²) in [5.41, 5.74) is 1.54. The minimum Gasteiger partial charge on any atom is -0.366 e. The maximum atomic E-state index is 11.8.